The summed E-state index contributed by atoms with van der Waals surface area (Å²) in [6, 6.07) is 10.5. The summed E-state index contributed by atoms with van der Waals surface area (Å²) >= 11 is 0. The van der Waals surface area contributed by atoms with Crippen molar-refractivity contribution in [2.45, 2.75) is 13.1 Å². The number of hydrogen-bond acceptors (Lipinski definition) is 5. The van der Waals surface area contributed by atoms with Crippen molar-refractivity contribution >= 4 is 22.5 Å². The van der Waals surface area contributed by atoms with E-state index in [1.54, 1.807) is 20.3 Å². The standard InChI is InChI=1S/C25H20N8O/c1-3-24(34)31-6-7-32-22-5-4-16(9-21(22)29-23(32)15-31)20-8-17(19-12-27-30(2)13-19)14-33-25(20)18(10-26)11-28-33/h3-5,8-9,11-14H,1,6-7,15H2,2H3. The molecule has 1 aromatic carbocycles. The first-order chi connectivity index (χ1) is 16.6. The zero-order chi connectivity index (χ0) is 23.4. The third-order valence-corrected chi connectivity index (χ3v) is 6.32. The van der Waals surface area contributed by atoms with Crippen molar-refractivity contribution in [1.29, 1.82) is 5.26 Å². The van der Waals surface area contributed by atoms with Crippen molar-refractivity contribution in [2.75, 3.05) is 6.54 Å². The zero-order valence-corrected chi connectivity index (χ0v) is 18.5. The van der Waals surface area contributed by atoms with Crippen molar-refractivity contribution < 1.29 is 4.79 Å². The number of fused-ring (bicyclic) bond motifs is 4. The second-order valence-corrected chi connectivity index (χ2v) is 8.36. The minimum absolute atomic E-state index is 0.0848. The smallest absolute Gasteiger partial charge is 0.246 e. The van der Waals surface area contributed by atoms with E-state index in [1.807, 2.05) is 31.7 Å². The lowest BCUT2D eigenvalue weighted by atomic mass is 9.99. The first-order valence-corrected chi connectivity index (χ1v) is 10.9. The van der Waals surface area contributed by atoms with E-state index >= 15 is 0 Å². The Balaban J connectivity index is 1.51. The lowest BCUT2D eigenvalue weighted by Gasteiger charge is -2.26. The maximum atomic E-state index is 12.1. The van der Waals surface area contributed by atoms with E-state index in [9.17, 15) is 10.1 Å². The molecule has 0 aliphatic carbocycles. The van der Waals surface area contributed by atoms with Crippen molar-refractivity contribution in [3.8, 4) is 28.3 Å². The number of nitrogens with zero attached hydrogens (tertiary/aromatic N) is 8. The lowest BCUT2D eigenvalue weighted by Crippen LogP contribution is -2.37. The molecule has 0 bridgehead atoms. The molecular weight excluding hydrogens is 428 g/mol. The van der Waals surface area contributed by atoms with Gasteiger partial charge in [-0.15, -0.1) is 0 Å². The fraction of sp³-hybridized carbons (Fsp3) is 0.160. The van der Waals surface area contributed by atoms with Crippen LogP contribution in [-0.4, -0.2) is 46.3 Å². The summed E-state index contributed by atoms with van der Waals surface area (Å²) < 4.78 is 5.66. The van der Waals surface area contributed by atoms with E-state index in [-0.39, 0.29) is 5.91 Å². The first-order valence-electron chi connectivity index (χ1n) is 10.9. The van der Waals surface area contributed by atoms with Crippen LogP contribution in [0.25, 0.3) is 38.8 Å². The van der Waals surface area contributed by atoms with Crippen LogP contribution in [-0.2, 0) is 24.9 Å². The Hall–Kier alpha value is -4.71. The third-order valence-electron chi connectivity index (χ3n) is 6.32. The van der Waals surface area contributed by atoms with Crippen LogP contribution in [0.3, 0.4) is 0 Å². The normalized spacial score (nSPS) is 13.2. The molecule has 1 aliphatic heterocycles. The molecule has 0 fully saturated rings. The maximum Gasteiger partial charge on any atom is 0.246 e. The summed E-state index contributed by atoms with van der Waals surface area (Å²) in [5, 5.41) is 18.4. The predicted molar refractivity (Wildman–Crippen MR) is 126 cm³/mol. The molecule has 0 radical (unpaired) electrons. The molecule has 5 heterocycles. The molecule has 0 saturated heterocycles. The van der Waals surface area contributed by atoms with E-state index in [4.69, 9.17) is 4.98 Å². The van der Waals surface area contributed by atoms with Gasteiger partial charge in [0.1, 0.15) is 11.9 Å². The van der Waals surface area contributed by atoms with Crippen LogP contribution in [0.2, 0.25) is 0 Å². The molecule has 0 N–H and O–H groups in total. The number of imidazole rings is 1. The SMILES string of the molecule is C=CC(=O)N1CCn2c(nc3cc(-c4cc(-c5cnn(C)c5)cn5ncc(C#N)c45)ccc32)C1. The Morgan fingerprint density at radius 3 is 2.76 bits per heavy atom. The van der Waals surface area contributed by atoms with Gasteiger partial charge in [0, 0.05) is 49.2 Å². The summed E-state index contributed by atoms with van der Waals surface area (Å²) in [6.07, 6.45) is 8.60. The van der Waals surface area contributed by atoms with Crippen molar-refractivity contribution in [3.63, 3.8) is 0 Å². The van der Waals surface area contributed by atoms with Gasteiger partial charge in [0.15, 0.2) is 0 Å². The third kappa shape index (κ3) is 3.00. The number of carbonyl (C=O) groups excluding carboxylic acids is 1. The molecule has 5 aromatic rings. The Bertz CT molecular complexity index is 1660. The molecular formula is C25H20N8O. The highest BCUT2D eigenvalue weighted by molar-refractivity contribution is 5.92. The van der Waals surface area contributed by atoms with Crippen molar-refractivity contribution in [1.82, 2.24) is 33.8 Å². The number of carbonyl (C=O) groups is 1. The van der Waals surface area contributed by atoms with E-state index in [2.05, 4.69) is 45.6 Å². The molecule has 9 nitrogen and oxygen atoms in total. The molecule has 34 heavy (non-hydrogen) atoms. The highest BCUT2D eigenvalue weighted by atomic mass is 16.2. The number of amides is 1. The van der Waals surface area contributed by atoms with Gasteiger partial charge in [-0.1, -0.05) is 12.6 Å². The molecule has 0 saturated carbocycles. The van der Waals surface area contributed by atoms with E-state index in [1.165, 1.54) is 6.08 Å². The highest BCUT2D eigenvalue weighted by Gasteiger charge is 2.23. The van der Waals surface area contributed by atoms with Crippen LogP contribution in [0.15, 0.2) is 61.7 Å². The van der Waals surface area contributed by atoms with E-state index < -0.39 is 0 Å². The molecule has 1 aliphatic rings. The van der Waals surface area contributed by atoms with Gasteiger partial charge in [-0.3, -0.25) is 9.48 Å². The van der Waals surface area contributed by atoms with E-state index in [0.717, 1.165) is 44.6 Å². The molecule has 0 unspecified atom stereocenters. The second kappa shape index (κ2) is 7.42. The summed E-state index contributed by atoms with van der Waals surface area (Å²) in [7, 11) is 1.88. The fourth-order valence-corrected chi connectivity index (χ4v) is 4.66. The summed E-state index contributed by atoms with van der Waals surface area (Å²) in [5.74, 6) is 0.767. The van der Waals surface area contributed by atoms with Gasteiger partial charge >= 0.3 is 0 Å². The van der Waals surface area contributed by atoms with Gasteiger partial charge in [0.25, 0.3) is 0 Å². The molecule has 4 aromatic heterocycles. The van der Waals surface area contributed by atoms with Crippen molar-refractivity contribution in [2.24, 2.45) is 7.05 Å². The average Bonchev–Trinajstić information content (AvgIpc) is 3.58. The predicted octanol–water partition coefficient (Wildman–Crippen LogP) is 3.15. The molecule has 6 rings (SSSR count). The number of aryl methyl sites for hydroxylation is 1. The zero-order valence-electron chi connectivity index (χ0n) is 18.5. The lowest BCUT2D eigenvalue weighted by molar-refractivity contribution is -0.127. The summed E-state index contributed by atoms with van der Waals surface area (Å²) in [6.45, 7) is 5.36. The molecule has 0 spiro atoms. The molecule has 0 atom stereocenters. The van der Waals surface area contributed by atoms with Crippen LogP contribution < -0.4 is 0 Å². The summed E-state index contributed by atoms with van der Waals surface area (Å²) in [5.41, 5.74) is 6.88. The highest BCUT2D eigenvalue weighted by Crippen LogP contribution is 2.34. The van der Waals surface area contributed by atoms with Gasteiger partial charge in [0.05, 0.1) is 41.1 Å². The monoisotopic (exact) mass is 448 g/mol. The van der Waals surface area contributed by atoms with Crippen LogP contribution in [0.4, 0.5) is 0 Å². The summed E-state index contributed by atoms with van der Waals surface area (Å²) in [4.78, 5) is 18.7. The Morgan fingerprint density at radius 1 is 1.12 bits per heavy atom. The minimum Gasteiger partial charge on any atom is -0.330 e. The molecule has 9 heteroatoms. The van der Waals surface area contributed by atoms with Crippen LogP contribution in [0, 0.1) is 11.3 Å². The van der Waals surface area contributed by atoms with Gasteiger partial charge in [0.2, 0.25) is 5.91 Å². The number of nitriles is 1. The van der Waals surface area contributed by atoms with Gasteiger partial charge in [-0.25, -0.2) is 9.50 Å². The number of hydrogen-bond donors (Lipinski definition) is 0. The maximum absolute atomic E-state index is 12.1. The Labute approximate surface area is 194 Å². The van der Waals surface area contributed by atoms with E-state index in [0.29, 0.717) is 25.2 Å². The fourth-order valence-electron chi connectivity index (χ4n) is 4.66. The number of aromatic nitrogens is 6. The van der Waals surface area contributed by atoms with Gasteiger partial charge < -0.3 is 9.47 Å². The van der Waals surface area contributed by atoms with Gasteiger partial charge in [-0.05, 0) is 29.8 Å². The number of benzene rings is 1. The first kappa shape index (κ1) is 19.9. The minimum atomic E-state index is -0.0848. The Kier molecular flexibility index (Phi) is 4.35. The Morgan fingerprint density at radius 2 is 2.00 bits per heavy atom. The van der Waals surface area contributed by atoms with Gasteiger partial charge in [-0.2, -0.15) is 15.5 Å². The number of pyridine rings is 1. The van der Waals surface area contributed by atoms with Crippen LogP contribution >= 0.6 is 0 Å². The molecule has 166 valence electrons. The largest absolute Gasteiger partial charge is 0.330 e. The topological polar surface area (TPSA) is 97.0 Å². The second-order valence-electron chi connectivity index (χ2n) is 8.36. The number of rotatable bonds is 3. The van der Waals surface area contributed by atoms with Crippen LogP contribution in [0.1, 0.15) is 11.4 Å². The average molecular weight is 448 g/mol. The quantitative estimate of drug-likeness (QED) is 0.395. The van der Waals surface area contributed by atoms with Crippen molar-refractivity contribution in [3.05, 3.63) is 73.1 Å². The van der Waals surface area contributed by atoms with Crippen LogP contribution in [0.5, 0.6) is 0 Å². The molecule has 1 amide bonds.